The fraction of sp³-hybridized carbons (Fsp3) is 0.368. The average Bonchev–Trinajstić information content (AvgIpc) is 2.57. The third-order valence-electron chi connectivity index (χ3n) is 4.25. The first-order valence-corrected chi connectivity index (χ1v) is 8.23. The van der Waals surface area contributed by atoms with Gasteiger partial charge in [-0.05, 0) is 43.0 Å². The summed E-state index contributed by atoms with van der Waals surface area (Å²) in [4.78, 5) is 18.6. The van der Waals surface area contributed by atoms with Crippen molar-refractivity contribution in [1.82, 2.24) is 10.3 Å². The van der Waals surface area contributed by atoms with Crippen molar-refractivity contribution in [3.63, 3.8) is 0 Å². The zero-order chi connectivity index (χ0) is 16.1. The van der Waals surface area contributed by atoms with E-state index in [4.69, 9.17) is 0 Å². The molecule has 0 saturated heterocycles. The van der Waals surface area contributed by atoms with Gasteiger partial charge in [0, 0.05) is 37.2 Å². The monoisotopic (exact) mass is 309 g/mol. The first-order valence-electron chi connectivity index (χ1n) is 8.23. The van der Waals surface area contributed by atoms with Crippen molar-refractivity contribution in [1.29, 1.82) is 0 Å². The Balaban J connectivity index is 1.48. The van der Waals surface area contributed by atoms with E-state index in [0.717, 1.165) is 30.8 Å². The number of carbonyl (C=O) groups excluding carboxylic acids is 1. The second kappa shape index (κ2) is 7.27. The van der Waals surface area contributed by atoms with Crippen LogP contribution >= 0.6 is 0 Å². The lowest BCUT2D eigenvalue weighted by molar-refractivity contribution is -0.120. The molecular formula is C19H23N3O. The predicted octanol–water partition coefficient (Wildman–Crippen LogP) is 2.50. The standard InChI is InChI=1S/C19H23N3O/c1-15-8-9-16(14-21-15)13-19(23)20-10-12-22-11-4-6-17-5-2-3-7-18(17)22/h2-3,5,7-9,14H,4,6,10-13H2,1H3,(H,20,23). The number of nitrogens with zero attached hydrogens (tertiary/aromatic N) is 2. The topological polar surface area (TPSA) is 45.2 Å². The number of nitrogens with one attached hydrogen (secondary N) is 1. The van der Waals surface area contributed by atoms with Gasteiger partial charge in [0.05, 0.1) is 6.42 Å². The summed E-state index contributed by atoms with van der Waals surface area (Å²) in [6.45, 7) is 4.54. The highest BCUT2D eigenvalue weighted by atomic mass is 16.1. The Bertz CT molecular complexity index is 667. The summed E-state index contributed by atoms with van der Waals surface area (Å²) in [7, 11) is 0. The van der Waals surface area contributed by atoms with Crippen molar-refractivity contribution >= 4 is 11.6 Å². The number of aryl methyl sites for hydroxylation is 2. The summed E-state index contributed by atoms with van der Waals surface area (Å²) in [5.41, 5.74) is 4.65. The number of fused-ring (bicyclic) bond motifs is 1. The molecule has 3 rings (SSSR count). The number of hydrogen-bond acceptors (Lipinski definition) is 3. The van der Waals surface area contributed by atoms with Gasteiger partial charge in [-0.15, -0.1) is 0 Å². The van der Waals surface area contributed by atoms with E-state index < -0.39 is 0 Å². The Labute approximate surface area is 137 Å². The van der Waals surface area contributed by atoms with Crippen LogP contribution in [0.25, 0.3) is 0 Å². The number of rotatable bonds is 5. The lowest BCUT2D eigenvalue weighted by atomic mass is 10.0. The summed E-state index contributed by atoms with van der Waals surface area (Å²) in [5.74, 6) is 0.0564. The van der Waals surface area contributed by atoms with Crippen molar-refractivity contribution in [2.75, 3.05) is 24.5 Å². The Kier molecular flexibility index (Phi) is 4.91. The van der Waals surface area contributed by atoms with Crippen LogP contribution in [-0.4, -0.2) is 30.5 Å². The number of hydrogen-bond donors (Lipinski definition) is 1. The van der Waals surface area contributed by atoms with Gasteiger partial charge in [-0.2, -0.15) is 0 Å². The zero-order valence-corrected chi connectivity index (χ0v) is 13.6. The Hall–Kier alpha value is -2.36. The van der Waals surface area contributed by atoms with Gasteiger partial charge >= 0.3 is 0 Å². The number of aromatic nitrogens is 1. The van der Waals surface area contributed by atoms with Crippen molar-refractivity contribution in [3.05, 3.63) is 59.4 Å². The molecule has 120 valence electrons. The van der Waals surface area contributed by atoms with E-state index in [2.05, 4.69) is 39.5 Å². The molecule has 1 aromatic heterocycles. The van der Waals surface area contributed by atoms with Gasteiger partial charge in [0.25, 0.3) is 0 Å². The lowest BCUT2D eigenvalue weighted by Crippen LogP contribution is -2.38. The van der Waals surface area contributed by atoms with Crippen LogP contribution in [0.2, 0.25) is 0 Å². The summed E-state index contributed by atoms with van der Waals surface area (Å²) in [6.07, 6.45) is 4.50. The number of amides is 1. The molecule has 0 aliphatic carbocycles. The van der Waals surface area contributed by atoms with Crippen molar-refractivity contribution in [3.8, 4) is 0 Å². The number of pyridine rings is 1. The van der Waals surface area contributed by atoms with Gasteiger partial charge in [-0.1, -0.05) is 24.3 Å². The summed E-state index contributed by atoms with van der Waals surface area (Å²) < 4.78 is 0. The normalized spacial score (nSPS) is 13.5. The van der Waals surface area contributed by atoms with Crippen molar-refractivity contribution in [2.24, 2.45) is 0 Å². The minimum Gasteiger partial charge on any atom is -0.370 e. The largest absolute Gasteiger partial charge is 0.370 e. The van der Waals surface area contributed by atoms with Crippen LogP contribution in [0.4, 0.5) is 5.69 Å². The van der Waals surface area contributed by atoms with E-state index >= 15 is 0 Å². The highest BCUT2D eigenvalue weighted by molar-refractivity contribution is 5.78. The van der Waals surface area contributed by atoms with Crippen LogP contribution in [0.1, 0.15) is 23.2 Å². The minimum atomic E-state index is 0.0564. The summed E-state index contributed by atoms with van der Waals surface area (Å²) >= 11 is 0. The summed E-state index contributed by atoms with van der Waals surface area (Å²) in [6, 6.07) is 12.5. The van der Waals surface area contributed by atoms with Gasteiger partial charge in [-0.25, -0.2) is 0 Å². The third kappa shape index (κ3) is 4.09. The molecule has 23 heavy (non-hydrogen) atoms. The molecule has 1 amide bonds. The predicted molar refractivity (Wildman–Crippen MR) is 92.7 cm³/mol. The van der Waals surface area contributed by atoms with Crippen LogP contribution in [0.5, 0.6) is 0 Å². The van der Waals surface area contributed by atoms with E-state index in [0.29, 0.717) is 13.0 Å². The van der Waals surface area contributed by atoms with E-state index in [-0.39, 0.29) is 5.91 Å². The second-order valence-electron chi connectivity index (χ2n) is 6.05. The van der Waals surface area contributed by atoms with E-state index in [1.807, 2.05) is 19.1 Å². The third-order valence-corrected chi connectivity index (χ3v) is 4.25. The van der Waals surface area contributed by atoms with E-state index in [1.54, 1.807) is 6.20 Å². The maximum atomic E-state index is 12.0. The molecule has 1 aromatic carbocycles. The van der Waals surface area contributed by atoms with Crippen LogP contribution in [0.3, 0.4) is 0 Å². The second-order valence-corrected chi connectivity index (χ2v) is 6.05. The van der Waals surface area contributed by atoms with E-state index in [1.165, 1.54) is 17.7 Å². The van der Waals surface area contributed by atoms with Crippen LogP contribution in [0, 0.1) is 6.92 Å². The Morgan fingerprint density at radius 1 is 1.26 bits per heavy atom. The molecule has 0 radical (unpaired) electrons. The summed E-state index contributed by atoms with van der Waals surface area (Å²) in [5, 5.41) is 3.02. The number of carbonyl (C=O) groups is 1. The number of benzene rings is 1. The molecule has 2 aromatic rings. The lowest BCUT2D eigenvalue weighted by Gasteiger charge is -2.31. The van der Waals surface area contributed by atoms with E-state index in [9.17, 15) is 4.79 Å². The minimum absolute atomic E-state index is 0.0564. The number of anilines is 1. The van der Waals surface area contributed by atoms with Gasteiger partial charge in [0.15, 0.2) is 0 Å². The van der Waals surface area contributed by atoms with Crippen molar-refractivity contribution < 1.29 is 4.79 Å². The number of para-hydroxylation sites is 1. The van der Waals surface area contributed by atoms with Gasteiger partial charge < -0.3 is 10.2 Å². The first kappa shape index (κ1) is 15.5. The fourth-order valence-corrected chi connectivity index (χ4v) is 3.02. The smallest absolute Gasteiger partial charge is 0.224 e. The van der Waals surface area contributed by atoms with Crippen molar-refractivity contribution in [2.45, 2.75) is 26.2 Å². The maximum absolute atomic E-state index is 12.0. The molecule has 1 aliphatic rings. The Morgan fingerprint density at radius 3 is 2.96 bits per heavy atom. The molecule has 0 spiro atoms. The molecular weight excluding hydrogens is 286 g/mol. The molecule has 4 heteroatoms. The molecule has 1 aliphatic heterocycles. The van der Waals surface area contributed by atoms with Crippen LogP contribution < -0.4 is 10.2 Å². The quantitative estimate of drug-likeness (QED) is 0.923. The highest BCUT2D eigenvalue weighted by Crippen LogP contribution is 2.25. The van der Waals surface area contributed by atoms with Gasteiger partial charge in [0.1, 0.15) is 0 Å². The molecule has 0 bridgehead atoms. The SMILES string of the molecule is Cc1ccc(CC(=O)NCCN2CCCc3ccccc32)cn1. The van der Waals surface area contributed by atoms with Crippen LogP contribution in [0.15, 0.2) is 42.6 Å². The van der Waals surface area contributed by atoms with Gasteiger partial charge in [0.2, 0.25) is 5.91 Å². The molecule has 1 N–H and O–H groups in total. The zero-order valence-electron chi connectivity index (χ0n) is 13.6. The molecule has 4 nitrogen and oxygen atoms in total. The molecule has 0 saturated carbocycles. The molecule has 0 fully saturated rings. The molecule has 0 unspecified atom stereocenters. The first-order chi connectivity index (χ1) is 11.2. The van der Waals surface area contributed by atoms with Crippen LogP contribution in [-0.2, 0) is 17.6 Å². The Morgan fingerprint density at radius 2 is 2.13 bits per heavy atom. The maximum Gasteiger partial charge on any atom is 0.224 e. The average molecular weight is 309 g/mol. The molecule has 0 atom stereocenters. The highest BCUT2D eigenvalue weighted by Gasteiger charge is 2.15. The molecule has 2 heterocycles. The van der Waals surface area contributed by atoms with Gasteiger partial charge in [-0.3, -0.25) is 9.78 Å². The fourth-order valence-electron chi connectivity index (χ4n) is 3.02.